The number of nitrogens with one attached hydrogen (secondary N) is 1. The Labute approximate surface area is 108 Å². The molecule has 0 amide bonds. The van der Waals surface area contributed by atoms with Gasteiger partial charge < -0.3 is 15.1 Å². The summed E-state index contributed by atoms with van der Waals surface area (Å²) in [5.74, 6) is 7.38. The minimum absolute atomic E-state index is 0.296. The number of anilines is 2. The number of aromatic nitrogens is 2. The van der Waals surface area contributed by atoms with E-state index in [9.17, 15) is 0 Å². The molecular formula is C12H21N5O. The van der Waals surface area contributed by atoms with Crippen molar-refractivity contribution in [3.8, 4) is 5.75 Å². The summed E-state index contributed by atoms with van der Waals surface area (Å²) in [6.07, 6.45) is 3.90. The third kappa shape index (κ3) is 2.48. The first-order chi connectivity index (χ1) is 8.57. The van der Waals surface area contributed by atoms with Gasteiger partial charge in [0, 0.05) is 13.1 Å². The van der Waals surface area contributed by atoms with Crippen molar-refractivity contribution >= 4 is 11.6 Å². The van der Waals surface area contributed by atoms with E-state index >= 15 is 0 Å². The second kappa shape index (κ2) is 4.97. The lowest BCUT2D eigenvalue weighted by molar-refractivity contribution is 0.290. The van der Waals surface area contributed by atoms with Gasteiger partial charge in [-0.1, -0.05) is 13.8 Å². The Bertz CT molecular complexity index is 421. The summed E-state index contributed by atoms with van der Waals surface area (Å²) in [6, 6.07) is 0. The van der Waals surface area contributed by atoms with Crippen LogP contribution in [0.2, 0.25) is 0 Å². The summed E-state index contributed by atoms with van der Waals surface area (Å²) in [4.78, 5) is 10.6. The monoisotopic (exact) mass is 251 g/mol. The van der Waals surface area contributed by atoms with E-state index in [0.29, 0.717) is 17.0 Å². The van der Waals surface area contributed by atoms with Crippen LogP contribution in [0.25, 0.3) is 0 Å². The number of hydrogen-bond acceptors (Lipinski definition) is 6. The number of hydrazine groups is 1. The van der Waals surface area contributed by atoms with Gasteiger partial charge >= 0.3 is 0 Å². The summed E-state index contributed by atoms with van der Waals surface area (Å²) in [5, 5.41) is 0. The zero-order valence-electron chi connectivity index (χ0n) is 11.2. The Morgan fingerprint density at radius 2 is 2.22 bits per heavy atom. The number of nitrogen functional groups attached to an aromatic ring is 1. The molecule has 1 aromatic rings. The van der Waals surface area contributed by atoms with Gasteiger partial charge in [0.05, 0.1) is 7.11 Å². The molecule has 0 aromatic carbocycles. The molecule has 1 fully saturated rings. The van der Waals surface area contributed by atoms with Crippen molar-refractivity contribution < 1.29 is 4.74 Å². The van der Waals surface area contributed by atoms with Crippen LogP contribution < -0.4 is 20.9 Å². The van der Waals surface area contributed by atoms with Crippen LogP contribution >= 0.6 is 0 Å². The fourth-order valence-electron chi connectivity index (χ4n) is 2.48. The highest BCUT2D eigenvalue weighted by molar-refractivity contribution is 5.64. The predicted octanol–water partition coefficient (Wildman–Crippen LogP) is 1.40. The van der Waals surface area contributed by atoms with Gasteiger partial charge in [-0.15, -0.1) is 0 Å². The Balaban J connectivity index is 2.32. The van der Waals surface area contributed by atoms with Crippen molar-refractivity contribution in [3.63, 3.8) is 0 Å². The van der Waals surface area contributed by atoms with E-state index in [1.807, 2.05) is 0 Å². The molecule has 0 spiro atoms. The fourth-order valence-corrected chi connectivity index (χ4v) is 2.48. The maximum atomic E-state index is 5.44. The van der Waals surface area contributed by atoms with Gasteiger partial charge in [0.2, 0.25) is 5.75 Å². The molecule has 0 aliphatic carbocycles. The summed E-state index contributed by atoms with van der Waals surface area (Å²) >= 11 is 0. The summed E-state index contributed by atoms with van der Waals surface area (Å²) in [7, 11) is 1.61. The van der Waals surface area contributed by atoms with Gasteiger partial charge in [-0.25, -0.2) is 15.8 Å². The first-order valence-electron chi connectivity index (χ1n) is 6.18. The fraction of sp³-hybridized carbons (Fsp3) is 0.667. The van der Waals surface area contributed by atoms with E-state index in [-0.39, 0.29) is 0 Å². The van der Waals surface area contributed by atoms with Crippen LogP contribution in [-0.2, 0) is 0 Å². The SMILES string of the molecule is COc1c(NN)ncnc1N1CCCC(C)(C)C1. The second-order valence-electron chi connectivity index (χ2n) is 5.41. The highest BCUT2D eigenvalue weighted by Crippen LogP contribution is 2.36. The molecular weight excluding hydrogens is 230 g/mol. The van der Waals surface area contributed by atoms with Crippen molar-refractivity contribution in [3.05, 3.63) is 6.33 Å². The van der Waals surface area contributed by atoms with Crippen molar-refractivity contribution in [1.82, 2.24) is 9.97 Å². The van der Waals surface area contributed by atoms with Crippen LogP contribution in [0.5, 0.6) is 5.75 Å². The number of ether oxygens (including phenoxy) is 1. The van der Waals surface area contributed by atoms with E-state index in [1.165, 1.54) is 12.7 Å². The number of piperidine rings is 1. The first-order valence-corrected chi connectivity index (χ1v) is 6.18. The summed E-state index contributed by atoms with van der Waals surface area (Å²) < 4.78 is 5.38. The molecule has 3 N–H and O–H groups in total. The average Bonchev–Trinajstić information content (AvgIpc) is 2.36. The van der Waals surface area contributed by atoms with E-state index in [0.717, 1.165) is 25.3 Å². The first kappa shape index (κ1) is 12.9. The number of rotatable bonds is 3. The van der Waals surface area contributed by atoms with E-state index in [2.05, 4.69) is 34.1 Å². The zero-order chi connectivity index (χ0) is 13.2. The van der Waals surface area contributed by atoms with Crippen LogP contribution in [0.15, 0.2) is 6.33 Å². The van der Waals surface area contributed by atoms with Crippen molar-refractivity contribution in [2.24, 2.45) is 11.3 Å². The van der Waals surface area contributed by atoms with Gasteiger partial charge in [0.1, 0.15) is 6.33 Å². The van der Waals surface area contributed by atoms with Crippen molar-refractivity contribution in [2.45, 2.75) is 26.7 Å². The maximum absolute atomic E-state index is 5.44. The van der Waals surface area contributed by atoms with Gasteiger partial charge in [0.15, 0.2) is 11.6 Å². The molecule has 2 rings (SSSR count). The smallest absolute Gasteiger partial charge is 0.205 e. The van der Waals surface area contributed by atoms with Crippen molar-refractivity contribution in [2.75, 3.05) is 30.5 Å². The zero-order valence-corrected chi connectivity index (χ0v) is 11.2. The van der Waals surface area contributed by atoms with Crippen LogP contribution in [0.3, 0.4) is 0 Å². The molecule has 1 aromatic heterocycles. The van der Waals surface area contributed by atoms with Gasteiger partial charge in [0.25, 0.3) is 0 Å². The minimum Gasteiger partial charge on any atom is -0.490 e. The second-order valence-corrected chi connectivity index (χ2v) is 5.41. The molecule has 1 saturated heterocycles. The largest absolute Gasteiger partial charge is 0.490 e. The number of hydrogen-bond donors (Lipinski definition) is 2. The molecule has 6 heteroatoms. The molecule has 18 heavy (non-hydrogen) atoms. The van der Waals surface area contributed by atoms with E-state index in [1.54, 1.807) is 7.11 Å². The normalized spacial score (nSPS) is 18.6. The molecule has 100 valence electrons. The standard InChI is InChI=1S/C12H21N5O/c1-12(2)5-4-6-17(7-12)11-9(18-3)10(16-13)14-8-15-11/h8H,4-7,13H2,1-3H3,(H,14,15,16). The molecule has 1 aliphatic heterocycles. The Morgan fingerprint density at radius 1 is 1.44 bits per heavy atom. The van der Waals surface area contributed by atoms with Crippen LogP contribution in [-0.4, -0.2) is 30.2 Å². The average molecular weight is 251 g/mol. The van der Waals surface area contributed by atoms with Gasteiger partial charge in [-0.3, -0.25) is 0 Å². The summed E-state index contributed by atoms with van der Waals surface area (Å²) in [5.41, 5.74) is 2.84. The van der Waals surface area contributed by atoms with Gasteiger partial charge in [-0.2, -0.15) is 0 Å². The Kier molecular flexibility index (Phi) is 3.56. The molecule has 0 unspecified atom stereocenters. The topological polar surface area (TPSA) is 76.3 Å². The van der Waals surface area contributed by atoms with E-state index < -0.39 is 0 Å². The molecule has 0 bridgehead atoms. The summed E-state index contributed by atoms with van der Waals surface area (Å²) in [6.45, 7) is 6.50. The third-order valence-electron chi connectivity index (χ3n) is 3.33. The molecule has 0 radical (unpaired) electrons. The van der Waals surface area contributed by atoms with Crippen LogP contribution in [0.1, 0.15) is 26.7 Å². The van der Waals surface area contributed by atoms with Gasteiger partial charge in [-0.05, 0) is 18.3 Å². The molecule has 0 saturated carbocycles. The molecule has 6 nitrogen and oxygen atoms in total. The lowest BCUT2D eigenvalue weighted by Crippen LogP contribution is -2.40. The number of nitrogens with zero attached hydrogens (tertiary/aromatic N) is 3. The number of methoxy groups -OCH3 is 1. The minimum atomic E-state index is 0.296. The quantitative estimate of drug-likeness (QED) is 0.624. The molecule has 2 heterocycles. The van der Waals surface area contributed by atoms with E-state index in [4.69, 9.17) is 10.6 Å². The molecule has 1 aliphatic rings. The predicted molar refractivity (Wildman–Crippen MR) is 71.6 cm³/mol. The Morgan fingerprint density at radius 3 is 2.83 bits per heavy atom. The van der Waals surface area contributed by atoms with Crippen molar-refractivity contribution in [1.29, 1.82) is 0 Å². The molecule has 0 atom stereocenters. The maximum Gasteiger partial charge on any atom is 0.205 e. The highest BCUT2D eigenvalue weighted by atomic mass is 16.5. The Hall–Kier alpha value is -1.56. The van der Waals surface area contributed by atoms with Crippen LogP contribution in [0.4, 0.5) is 11.6 Å². The number of nitrogens with two attached hydrogens (primary N) is 1. The van der Waals surface area contributed by atoms with Crippen LogP contribution in [0, 0.1) is 5.41 Å². The lowest BCUT2D eigenvalue weighted by atomic mass is 9.84. The lowest BCUT2D eigenvalue weighted by Gasteiger charge is -2.39. The third-order valence-corrected chi connectivity index (χ3v) is 3.33. The highest BCUT2D eigenvalue weighted by Gasteiger charge is 2.29.